The van der Waals surface area contributed by atoms with Crippen molar-refractivity contribution in [2.24, 2.45) is 0 Å². The fourth-order valence-corrected chi connectivity index (χ4v) is 5.06. The number of likely N-dealkylation sites (N-methyl/N-ethyl adjacent to an activating group) is 1. The molecule has 1 aliphatic rings. The van der Waals surface area contributed by atoms with Crippen molar-refractivity contribution in [2.45, 2.75) is 26.5 Å². The number of benzene rings is 2. The van der Waals surface area contributed by atoms with E-state index in [2.05, 4.69) is 29.0 Å². The number of nitrogens with zero attached hydrogens (tertiary/aromatic N) is 2. The molecule has 8 heteroatoms. The first-order valence-corrected chi connectivity index (χ1v) is 12.2. The number of hydrogen-bond acceptors (Lipinski definition) is 5. The molecule has 8 nitrogen and oxygen atoms in total. The molecule has 4 aromatic rings. The van der Waals surface area contributed by atoms with Crippen LogP contribution in [0.15, 0.2) is 54.9 Å². The molecule has 1 atom stereocenters. The predicted octanol–water partition coefficient (Wildman–Crippen LogP) is 3.40. The van der Waals surface area contributed by atoms with Crippen molar-refractivity contribution >= 4 is 44.8 Å². The highest BCUT2D eigenvalue weighted by Crippen LogP contribution is 2.39. The summed E-state index contributed by atoms with van der Waals surface area (Å²) in [6, 6.07) is 13.3. The van der Waals surface area contributed by atoms with Crippen LogP contribution in [0.2, 0.25) is 0 Å². The summed E-state index contributed by atoms with van der Waals surface area (Å²) >= 11 is 0. The highest BCUT2D eigenvalue weighted by Gasteiger charge is 2.35. The van der Waals surface area contributed by atoms with Crippen molar-refractivity contribution in [1.29, 1.82) is 0 Å². The van der Waals surface area contributed by atoms with Crippen molar-refractivity contribution in [1.82, 2.24) is 19.8 Å². The van der Waals surface area contributed by atoms with E-state index in [-0.39, 0.29) is 0 Å². The lowest BCUT2D eigenvalue weighted by molar-refractivity contribution is -0.122. The lowest BCUT2D eigenvalue weighted by atomic mass is 9.95. The Hall–Kier alpha value is -3.88. The first kappa shape index (κ1) is 23.8. The molecule has 3 heterocycles. The summed E-state index contributed by atoms with van der Waals surface area (Å²) in [7, 11) is 1.60. The lowest BCUT2D eigenvalue weighted by Crippen LogP contribution is -2.34. The number of nitrogens with one attached hydrogen (secondary N) is 2. The molecule has 0 spiro atoms. The van der Waals surface area contributed by atoms with Gasteiger partial charge in [-0.3, -0.25) is 14.9 Å². The van der Waals surface area contributed by atoms with Gasteiger partial charge >= 0.3 is 0 Å². The molecule has 186 valence electrons. The summed E-state index contributed by atoms with van der Waals surface area (Å²) in [6.07, 6.45) is 3.02. The topological polar surface area (TPSA) is 99.6 Å². The molecule has 0 bridgehead atoms. The largest absolute Gasteiger partial charge is 0.497 e. The first-order chi connectivity index (χ1) is 17.4. The average Bonchev–Trinajstić information content (AvgIpc) is 3.54. The van der Waals surface area contributed by atoms with E-state index in [9.17, 15) is 14.7 Å². The number of rotatable bonds is 9. The van der Waals surface area contributed by atoms with E-state index in [1.54, 1.807) is 13.3 Å². The number of ether oxygens (including phenoxy) is 1. The Bertz CT molecular complexity index is 1490. The molecule has 36 heavy (non-hydrogen) atoms. The Morgan fingerprint density at radius 1 is 1.00 bits per heavy atom. The van der Waals surface area contributed by atoms with Gasteiger partial charge < -0.3 is 24.3 Å². The average molecular weight is 487 g/mol. The van der Waals surface area contributed by atoms with E-state index in [0.717, 1.165) is 34.9 Å². The Morgan fingerprint density at radius 3 is 2.44 bits per heavy atom. The molecule has 1 aliphatic heterocycles. The second-order valence-corrected chi connectivity index (χ2v) is 9.00. The van der Waals surface area contributed by atoms with Crippen molar-refractivity contribution in [3.8, 4) is 5.75 Å². The van der Waals surface area contributed by atoms with Gasteiger partial charge in [0.15, 0.2) is 0 Å². The second kappa shape index (κ2) is 9.64. The van der Waals surface area contributed by atoms with Gasteiger partial charge in [0.05, 0.1) is 29.9 Å². The summed E-state index contributed by atoms with van der Waals surface area (Å²) in [5.74, 6) is -0.181. The number of methoxy groups -OCH3 is 1. The number of para-hydroxylation sites is 1. The van der Waals surface area contributed by atoms with Gasteiger partial charge in [-0.25, -0.2) is 0 Å². The number of carbonyl (C=O) groups excluding carboxylic acids is 2. The standard InChI is InChI=1S/C28H30N4O4/c1-4-31(5-2)14-17(33)15-32-16-22(20-11-10-18(36-3)12-24(20)32)26-25(27(34)30-28(26)35)21-13-29-23-9-7-6-8-19(21)23/h6-13,16-17,29,33H,4-5,14-15H2,1-3H3,(H,30,34,35). The number of carbonyl (C=O) groups is 2. The molecule has 5 rings (SSSR count). The minimum atomic E-state index is -0.611. The van der Waals surface area contributed by atoms with Crippen LogP contribution in [-0.4, -0.2) is 64.2 Å². The van der Waals surface area contributed by atoms with Gasteiger partial charge in [-0.2, -0.15) is 0 Å². The predicted molar refractivity (Wildman–Crippen MR) is 141 cm³/mol. The maximum absolute atomic E-state index is 13.2. The molecule has 2 aromatic carbocycles. The quantitative estimate of drug-likeness (QED) is 0.315. The van der Waals surface area contributed by atoms with Gasteiger partial charge in [-0.05, 0) is 31.3 Å². The SMILES string of the molecule is CCN(CC)CC(O)Cn1cc(C2=C(c3c[nH]c4ccccc34)C(=O)NC2=O)c2ccc(OC)cc21. The van der Waals surface area contributed by atoms with Gasteiger partial charge in [-0.1, -0.05) is 32.0 Å². The molecule has 2 aromatic heterocycles. The number of aliphatic hydroxyl groups is 1. The molecule has 0 saturated carbocycles. The number of H-pyrrole nitrogens is 1. The van der Waals surface area contributed by atoms with Crippen LogP contribution in [0, 0.1) is 0 Å². The zero-order valence-electron chi connectivity index (χ0n) is 20.7. The van der Waals surface area contributed by atoms with Gasteiger partial charge in [0.1, 0.15) is 5.75 Å². The molecule has 0 aliphatic carbocycles. The summed E-state index contributed by atoms with van der Waals surface area (Å²) in [6.45, 7) is 6.71. The number of hydrogen-bond donors (Lipinski definition) is 3. The van der Waals surface area contributed by atoms with E-state index in [1.807, 2.05) is 53.2 Å². The Morgan fingerprint density at radius 2 is 1.72 bits per heavy atom. The molecule has 2 amide bonds. The van der Waals surface area contributed by atoms with Crippen molar-refractivity contribution in [3.05, 3.63) is 66.0 Å². The fourth-order valence-electron chi connectivity index (χ4n) is 5.06. The van der Waals surface area contributed by atoms with Crippen LogP contribution in [0.1, 0.15) is 25.0 Å². The Labute approximate surface area is 209 Å². The van der Waals surface area contributed by atoms with Gasteiger partial charge in [0, 0.05) is 59.0 Å². The number of imide groups is 1. The van der Waals surface area contributed by atoms with Crippen molar-refractivity contribution in [3.63, 3.8) is 0 Å². The third-order valence-corrected chi connectivity index (χ3v) is 6.92. The molecule has 1 unspecified atom stereocenters. The molecular formula is C28H30N4O4. The van der Waals surface area contributed by atoms with Crippen LogP contribution in [0.25, 0.3) is 33.0 Å². The minimum Gasteiger partial charge on any atom is -0.497 e. The molecule has 0 fully saturated rings. The van der Waals surface area contributed by atoms with Crippen molar-refractivity contribution < 1.29 is 19.4 Å². The zero-order chi connectivity index (χ0) is 25.4. The van der Waals surface area contributed by atoms with E-state index in [4.69, 9.17) is 4.74 Å². The van der Waals surface area contributed by atoms with Crippen LogP contribution in [0.5, 0.6) is 5.75 Å². The van der Waals surface area contributed by atoms with E-state index < -0.39 is 17.9 Å². The van der Waals surface area contributed by atoms with E-state index >= 15 is 0 Å². The zero-order valence-corrected chi connectivity index (χ0v) is 20.7. The highest BCUT2D eigenvalue weighted by atomic mass is 16.5. The molecule has 0 saturated heterocycles. The number of aromatic amines is 1. The highest BCUT2D eigenvalue weighted by molar-refractivity contribution is 6.50. The van der Waals surface area contributed by atoms with Gasteiger partial charge in [0.2, 0.25) is 0 Å². The van der Waals surface area contributed by atoms with Crippen LogP contribution in [0.3, 0.4) is 0 Å². The van der Waals surface area contributed by atoms with Crippen molar-refractivity contribution in [2.75, 3.05) is 26.7 Å². The number of aromatic nitrogens is 2. The van der Waals surface area contributed by atoms with Crippen LogP contribution < -0.4 is 10.1 Å². The minimum absolute atomic E-state index is 0.330. The van der Waals surface area contributed by atoms with Gasteiger partial charge in [-0.15, -0.1) is 0 Å². The number of fused-ring (bicyclic) bond motifs is 2. The molecule has 0 radical (unpaired) electrons. The third kappa shape index (κ3) is 4.08. The van der Waals surface area contributed by atoms with E-state index in [0.29, 0.717) is 41.1 Å². The Kier molecular flexibility index (Phi) is 6.38. The maximum atomic E-state index is 13.2. The van der Waals surface area contributed by atoms with Crippen LogP contribution >= 0.6 is 0 Å². The molecule has 3 N–H and O–H groups in total. The van der Waals surface area contributed by atoms with Crippen LogP contribution in [-0.2, 0) is 16.1 Å². The normalized spacial score (nSPS) is 14.9. The second-order valence-electron chi connectivity index (χ2n) is 9.00. The van der Waals surface area contributed by atoms with Gasteiger partial charge in [0.25, 0.3) is 11.8 Å². The summed E-state index contributed by atoms with van der Waals surface area (Å²) in [5.41, 5.74) is 3.71. The summed E-state index contributed by atoms with van der Waals surface area (Å²) in [5, 5.41) is 15.0. The first-order valence-electron chi connectivity index (χ1n) is 12.2. The number of amides is 2. The summed E-state index contributed by atoms with van der Waals surface area (Å²) < 4.78 is 7.39. The monoisotopic (exact) mass is 486 g/mol. The Balaban J connectivity index is 1.68. The lowest BCUT2D eigenvalue weighted by Gasteiger charge is -2.22. The fraction of sp³-hybridized carbons (Fsp3) is 0.286. The van der Waals surface area contributed by atoms with E-state index in [1.165, 1.54) is 0 Å². The summed E-state index contributed by atoms with van der Waals surface area (Å²) in [4.78, 5) is 31.6. The molecular weight excluding hydrogens is 456 g/mol. The third-order valence-electron chi connectivity index (χ3n) is 6.92. The smallest absolute Gasteiger partial charge is 0.259 e. The van der Waals surface area contributed by atoms with Crippen LogP contribution in [0.4, 0.5) is 0 Å². The maximum Gasteiger partial charge on any atom is 0.259 e. The number of aliphatic hydroxyl groups excluding tert-OH is 1.